The average Bonchev–Trinajstić information content (AvgIpc) is 3.25. The van der Waals surface area contributed by atoms with Crippen molar-refractivity contribution in [3.05, 3.63) is 30.6 Å². The van der Waals surface area contributed by atoms with E-state index in [0.717, 1.165) is 16.9 Å². The zero-order chi connectivity index (χ0) is 17.6. The van der Waals surface area contributed by atoms with Crippen molar-refractivity contribution in [3.8, 4) is 23.1 Å². The van der Waals surface area contributed by atoms with Crippen molar-refractivity contribution < 1.29 is 9.63 Å². The Hall–Kier alpha value is -2.91. The van der Waals surface area contributed by atoms with Crippen LogP contribution in [-0.2, 0) is 7.05 Å². The van der Waals surface area contributed by atoms with E-state index in [2.05, 4.69) is 26.1 Å². The van der Waals surface area contributed by atoms with Crippen molar-refractivity contribution in [2.24, 2.45) is 7.05 Å². The molecule has 3 N–H and O–H groups in total. The highest BCUT2D eigenvalue weighted by Gasteiger charge is 2.25. The van der Waals surface area contributed by atoms with Gasteiger partial charge in [-0.2, -0.15) is 4.98 Å². The molecule has 9 heteroatoms. The Labute approximate surface area is 144 Å². The fourth-order valence-electron chi connectivity index (χ4n) is 2.72. The molecule has 0 spiro atoms. The summed E-state index contributed by atoms with van der Waals surface area (Å²) in [7, 11) is 1.88. The van der Waals surface area contributed by atoms with Crippen LogP contribution in [0.5, 0.6) is 0 Å². The number of rotatable bonds is 4. The third kappa shape index (κ3) is 2.94. The number of hydrogen-bond acceptors (Lipinski definition) is 8. The van der Waals surface area contributed by atoms with E-state index in [9.17, 15) is 5.11 Å². The van der Waals surface area contributed by atoms with Gasteiger partial charge in [-0.3, -0.25) is 5.01 Å². The molecule has 0 radical (unpaired) electrons. The van der Waals surface area contributed by atoms with Gasteiger partial charge in [0.25, 0.3) is 5.89 Å². The van der Waals surface area contributed by atoms with Crippen molar-refractivity contribution in [2.75, 3.05) is 17.0 Å². The molecule has 4 rings (SSSR count). The van der Waals surface area contributed by atoms with Crippen molar-refractivity contribution in [1.82, 2.24) is 25.2 Å². The number of aliphatic hydroxyl groups is 1. The summed E-state index contributed by atoms with van der Waals surface area (Å²) in [5, 5.41) is 15.9. The number of imidazole rings is 1. The van der Waals surface area contributed by atoms with Crippen LogP contribution in [0.2, 0.25) is 0 Å². The first-order valence-electron chi connectivity index (χ1n) is 7.88. The van der Waals surface area contributed by atoms with Gasteiger partial charge in [0.15, 0.2) is 5.82 Å². The number of aromatic nitrogens is 4. The van der Waals surface area contributed by atoms with Crippen LogP contribution in [0.3, 0.4) is 0 Å². The molecule has 0 atom stereocenters. The molecule has 1 aromatic carbocycles. The molecule has 0 saturated heterocycles. The van der Waals surface area contributed by atoms with Gasteiger partial charge in [0.1, 0.15) is 0 Å². The summed E-state index contributed by atoms with van der Waals surface area (Å²) < 4.78 is 7.21. The molecule has 9 nitrogen and oxygen atoms in total. The number of nitrogens with zero attached hydrogens (tertiary/aromatic N) is 5. The minimum Gasteiger partial charge on any atom is -0.389 e. The molecule has 25 heavy (non-hydrogen) atoms. The molecular formula is C16H19N7O2. The predicted molar refractivity (Wildman–Crippen MR) is 92.3 cm³/mol. The van der Waals surface area contributed by atoms with Crippen LogP contribution in [0.15, 0.2) is 35.1 Å². The second kappa shape index (κ2) is 5.57. The summed E-state index contributed by atoms with van der Waals surface area (Å²) in [5.74, 6) is 1.51. The largest absolute Gasteiger partial charge is 0.389 e. The molecule has 0 fully saturated rings. The lowest BCUT2D eigenvalue weighted by Crippen LogP contribution is -2.45. The summed E-state index contributed by atoms with van der Waals surface area (Å²) in [6.07, 6.45) is 3.52. The zero-order valence-electron chi connectivity index (χ0n) is 14.2. The highest BCUT2D eigenvalue weighted by Crippen LogP contribution is 2.34. The number of hydrogen-bond donors (Lipinski definition) is 3. The van der Waals surface area contributed by atoms with E-state index >= 15 is 0 Å². The van der Waals surface area contributed by atoms with Crippen molar-refractivity contribution in [2.45, 2.75) is 19.4 Å². The topological polar surface area (TPSA) is 104 Å². The Morgan fingerprint density at radius 1 is 1.32 bits per heavy atom. The fourth-order valence-corrected chi connectivity index (χ4v) is 2.72. The third-order valence-electron chi connectivity index (χ3n) is 3.85. The molecule has 1 aliphatic rings. The van der Waals surface area contributed by atoms with Crippen molar-refractivity contribution in [3.63, 3.8) is 0 Å². The SMILES string of the molecule is Cn1ccnc1-c1noc(-c2ccc3c(c2)NNN3CC(C)(C)O)n1. The number of anilines is 2. The van der Waals surface area contributed by atoms with Gasteiger partial charge in [-0.05, 0) is 32.0 Å². The van der Waals surface area contributed by atoms with E-state index < -0.39 is 5.60 Å². The lowest BCUT2D eigenvalue weighted by molar-refractivity contribution is 0.0858. The molecule has 130 valence electrons. The van der Waals surface area contributed by atoms with Gasteiger partial charge in [0, 0.05) is 25.0 Å². The number of nitrogens with one attached hydrogen (secondary N) is 2. The molecule has 0 bridgehead atoms. The van der Waals surface area contributed by atoms with Crippen molar-refractivity contribution in [1.29, 1.82) is 0 Å². The summed E-state index contributed by atoms with van der Waals surface area (Å²) in [5.41, 5.74) is 7.91. The Bertz CT molecular complexity index is 909. The summed E-state index contributed by atoms with van der Waals surface area (Å²) >= 11 is 0. The highest BCUT2D eigenvalue weighted by molar-refractivity contribution is 5.78. The number of hydrazine groups is 2. The molecule has 3 heterocycles. The molecular weight excluding hydrogens is 322 g/mol. The molecule has 0 unspecified atom stereocenters. The van der Waals surface area contributed by atoms with Gasteiger partial charge in [-0.1, -0.05) is 5.16 Å². The van der Waals surface area contributed by atoms with Crippen LogP contribution >= 0.6 is 0 Å². The van der Waals surface area contributed by atoms with E-state index in [-0.39, 0.29) is 0 Å². The maximum atomic E-state index is 10.0. The number of benzene rings is 1. The molecule has 2 aromatic heterocycles. The summed E-state index contributed by atoms with van der Waals surface area (Å²) in [6, 6.07) is 5.76. The van der Waals surface area contributed by atoms with E-state index in [1.807, 2.05) is 41.0 Å². The molecule has 0 amide bonds. The van der Waals surface area contributed by atoms with E-state index in [4.69, 9.17) is 4.52 Å². The van der Waals surface area contributed by atoms with E-state index in [1.54, 1.807) is 20.0 Å². The molecule has 0 aliphatic carbocycles. The quantitative estimate of drug-likeness (QED) is 0.657. The second-order valence-electron chi connectivity index (χ2n) is 6.65. The van der Waals surface area contributed by atoms with E-state index in [1.165, 1.54) is 0 Å². The molecule has 0 saturated carbocycles. The monoisotopic (exact) mass is 341 g/mol. The van der Waals surface area contributed by atoms with Crippen molar-refractivity contribution >= 4 is 11.4 Å². The second-order valence-corrected chi connectivity index (χ2v) is 6.65. The standard InChI is InChI=1S/C16H19N7O2/c1-16(2,24)9-23-12-5-4-10(8-11(12)19-21-23)15-18-13(20-25-15)14-17-6-7-22(14)3/h4-8,19,21,24H,9H2,1-3H3. The van der Waals surface area contributed by atoms with Crippen LogP contribution in [-0.4, -0.2) is 36.9 Å². The Balaban J connectivity index is 1.61. The maximum Gasteiger partial charge on any atom is 0.258 e. The lowest BCUT2D eigenvalue weighted by Gasteiger charge is -2.26. The zero-order valence-corrected chi connectivity index (χ0v) is 14.2. The minimum absolute atomic E-state index is 0.420. The fraction of sp³-hybridized carbons (Fsp3) is 0.312. The first-order valence-corrected chi connectivity index (χ1v) is 7.88. The van der Waals surface area contributed by atoms with Gasteiger partial charge in [-0.25, -0.2) is 4.98 Å². The number of β-amino-alcohol motifs (C(OH)–C–C–N with tert-alkyl or cyclic N) is 1. The summed E-state index contributed by atoms with van der Waals surface area (Å²) in [6.45, 7) is 3.97. The highest BCUT2D eigenvalue weighted by atomic mass is 16.5. The number of aryl methyl sites for hydroxylation is 1. The first-order chi connectivity index (χ1) is 11.9. The van der Waals surface area contributed by atoms with Gasteiger partial charge in [0.05, 0.1) is 23.5 Å². The number of fused-ring (bicyclic) bond motifs is 1. The van der Waals surface area contributed by atoms with Crippen LogP contribution < -0.4 is 16.0 Å². The van der Waals surface area contributed by atoms with Crippen LogP contribution in [0.4, 0.5) is 11.4 Å². The smallest absolute Gasteiger partial charge is 0.258 e. The van der Waals surface area contributed by atoms with Crippen LogP contribution in [0, 0.1) is 0 Å². The van der Waals surface area contributed by atoms with Gasteiger partial charge >= 0.3 is 0 Å². The van der Waals surface area contributed by atoms with Gasteiger partial charge in [-0.15, -0.1) is 5.53 Å². The summed E-state index contributed by atoms with van der Waals surface area (Å²) in [4.78, 5) is 8.64. The van der Waals surface area contributed by atoms with Gasteiger partial charge in [0.2, 0.25) is 5.82 Å². The average molecular weight is 341 g/mol. The third-order valence-corrected chi connectivity index (χ3v) is 3.85. The maximum absolute atomic E-state index is 10.0. The Morgan fingerprint density at radius 2 is 2.16 bits per heavy atom. The Morgan fingerprint density at radius 3 is 2.88 bits per heavy atom. The predicted octanol–water partition coefficient (Wildman–Crippen LogP) is 1.56. The van der Waals surface area contributed by atoms with Gasteiger partial charge < -0.3 is 19.6 Å². The van der Waals surface area contributed by atoms with Crippen LogP contribution in [0.1, 0.15) is 13.8 Å². The first kappa shape index (κ1) is 15.6. The Kier molecular flexibility index (Phi) is 3.48. The molecule has 3 aromatic rings. The lowest BCUT2D eigenvalue weighted by atomic mass is 10.1. The van der Waals surface area contributed by atoms with Crippen LogP contribution in [0.25, 0.3) is 23.1 Å². The van der Waals surface area contributed by atoms with E-state index in [0.29, 0.717) is 24.1 Å². The molecule has 1 aliphatic heterocycles. The minimum atomic E-state index is -0.821. The normalized spacial score (nSPS) is 13.8.